The molecule has 0 saturated carbocycles. The first kappa shape index (κ1) is 23.9. The largest absolute Gasteiger partial charge is 0.436 e. The van der Waals surface area contributed by atoms with Crippen molar-refractivity contribution >= 4 is 17.8 Å². The highest BCUT2D eigenvalue weighted by molar-refractivity contribution is 5.90. The Labute approximate surface area is 206 Å². The maximum absolute atomic E-state index is 13.9. The topological polar surface area (TPSA) is 93.5 Å². The Morgan fingerprint density at radius 1 is 1.06 bits per heavy atom. The lowest BCUT2D eigenvalue weighted by atomic mass is 9.81. The number of hydrogen-bond donors (Lipinski definition) is 2. The van der Waals surface area contributed by atoms with Crippen LogP contribution in [0.2, 0.25) is 0 Å². The minimum Gasteiger partial charge on any atom is -0.436 e. The molecule has 4 heterocycles. The molecule has 2 bridgehead atoms. The average Bonchev–Trinajstić information content (AvgIpc) is 3.36. The summed E-state index contributed by atoms with van der Waals surface area (Å²) in [7, 11) is 0. The molecule has 2 aromatic carbocycles. The van der Waals surface area contributed by atoms with Gasteiger partial charge in [0, 0.05) is 18.9 Å². The zero-order valence-electron chi connectivity index (χ0n) is 19.5. The smallest absolute Gasteiger partial charge is 0.408 e. The third-order valence-electron chi connectivity index (χ3n) is 7.12. The van der Waals surface area contributed by atoms with Crippen LogP contribution in [-0.4, -0.2) is 53.9 Å². The number of carbonyl (C=O) groups is 2. The predicted molar refractivity (Wildman–Crippen MR) is 126 cm³/mol. The van der Waals surface area contributed by atoms with Gasteiger partial charge in [-0.05, 0) is 41.3 Å². The van der Waals surface area contributed by atoms with E-state index in [1.807, 2.05) is 0 Å². The Bertz CT molecular complexity index is 1180. The van der Waals surface area contributed by atoms with Crippen LogP contribution in [0.3, 0.4) is 0 Å². The van der Waals surface area contributed by atoms with Crippen molar-refractivity contribution in [3.8, 4) is 0 Å². The van der Waals surface area contributed by atoms with Gasteiger partial charge in [0.15, 0.2) is 18.5 Å². The molecule has 6 rings (SSSR count). The van der Waals surface area contributed by atoms with Crippen molar-refractivity contribution in [1.82, 2.24) is 10.5 Å². The summed E-state index contributed by atoms with van der Waals surface area (Å²) in [5, 5.41) is 9.43. The maximum atomic E-state index is 13.9. The average molecular weight is 498 g/mol. The fourth-order valence-electron chi connectivity index (χ4n) is 5.40. The van der Waals surface area contributed by atoms with Crippen LogP contribution in [0.1, 0.15) is 30.1 Å². The Balaban J connectivity index is 1.27. The second kappa shape index (κ2) is 10.1. The summed E-state index contributed by atoms with van der Waals surface area (Å²) in [6.45, 7) is 2.55. The first-order valence-corrected chi connectivity index (χ1v) is 11.9. The summed E-state index contributed by atoms with van der Waals surface area (Å²) >= 11 is 0. The zero-order chi connectivity index (χ0) is 25.1. The lowest BCUT2D eigenvalue weighted by Crippen LogP contribution is -2.68. The highest BCUT2D eigenvalue weighted by atomic mass is 19.1. The van der Waals surface area contributed by atoms with Gasteiger partial charge in [0.2, 0.25) is 0 Å². The van der Waals surface area contributed by atoms with Gasteiger partial charge in [-0.25, -0.2) is 13.6 Å². The van der Waals surface area contributed by atoms with Gasteiger partial charge in [-0.1, -0.05) is 29.4 Å². The first-order chi connectivity index (χ1) is 17.4. The van der Waals surface area contributed by atoms with Crippen molar-refractivity contribution in [3.05, 3.63) is 83.6 Å². The van der Waals surface area contributed by atoms with Gasteiger partial charge in [-0.15, -0.1) is 0 Å². The third kappa shape index (κ3) is 5.38. The number of benzene rings is 2. The summed E-state index contributed by atoms with van der Waals surface area (Å²) < 4.78 is 38.9. The molecule has 8 nitrogen and oxygen atoms in total. The zero-order valence-corrected chi connectivity index (χ0v) is 19.5. The molecule has 0 unspecified atom stereocenters. The van der Waals surface area contributed by atoms with E-state index in [9.17, 15) is 18.4 Å². The number of quaternary nitrogens is 1. The van der Waals surface area contributed by atoms with Crippen LogP contribution in [0.15, 0.2) is 65.4 Å². The Morgan fingerprint density at radius 2 is 1.72 bits per heavy atom. The van der Waals surface area contributed by atoms with Crippen molar-refractivity contribution in [2.24, 2.45) is 5.92 Å². The third-order valence-corrected chi connectivity index (χ3v) is 7.12. The Kier molecular flexibility index (Phi) is 6.69. The van der Waals surface area contributed by atoms with E-state index in [1.54, 1.807) is 18.2 Å². The molecule has 3 saturated heterocycles. The molecule has 3 aromatic rings. The molecule has 10 heteroatoms. The number of aromatic nitrogens is 1. The van der Waals surface area contributed by atoms with Crippen LogP contribution >= 0.6 is 0 Å². The number of ether oxygens (including phenoxy) is 1. The first-order valence-electron chi connectivity index (χ1n) is 11.9. The Morgan fingerprint density at radius 3 is 2.31 bits per heavy atom. The van der Waals surface area contributed by atoms with Gasteiger partial charge < -0.3 is 24.4 Å². The van der Waals surface area contributed by atoms with Gasteiger partial charge >= 0.3 is 6.09 Å². The summed E-state index contributed by atoms with van der Waals surface area (Å²) in [5.74, 6) is -0.485. The molecule has 36 heavy (non-hydrogen) atoms. The molecule has 0 aliphatic carbocycles. The van der Waals surface area contributed by atoms with Crippen LogP contribution < -0.4 is 10.6 Å². The van der Waals surface area contributed by atoms with E-state index in [2.05, 4.69) is 15.8 Å². The summed E-state index contributed by atoms with van der Waals surface area (Å²) in [6.07, 6.45) is 1.49. The van der Waals surface area contributed by atoms with Crippen LogP contribution in [0.5, 0.6) is 0 Å². The molecule has 1 aromatic heterocycles. The van der Waals surface area contributed by atoms with Gasteiger partial charge in [0.1, 0.15) is 17.9 Å². The molecule has 188 valence electrons. The van der Waals surface area contributed by atoms with Crippen molar-refractivity contribution in [2.75, 3.05) is 31.5 Å². The van der Waals surface area contributed by atoms with Crippen LogP contribution in [0, 0.1) is 17.6 Å². The summed E-state index contributed by atoms with van der Waals surface area (Å²) in [5.41, 5.74) is 0.801. The molecule has 2 amide bonds. The van der Waals surface area contributed by atoms with Crippen molar-refractivity contribution < 1.29 is 32.1 Å². The molecule has 3 aliphatic rings. The number of amides is 2. The molecule has 0 spiro atoms. The van der Waals surface area contributed by atoms with Gasteiger partial charge in [-0.2, -0.15) is 0 Å². The number of nitrogens with one attached hydrogen (secondary N) is 2. The van der Waals surface area contributed by atoms with E-state index in [1.165, 1.54) is 42.7 Å². The fourth-order valence-corrected chi connectivity index (χ4v) is 5.40. The van der Waals surface area contributed by atoms with Gasteiger partial charge in [0.25, 0.3) is 5.91 Å². The lowest BCUT2D eigenvalue weighted by Gasteiger charge is -2.52. The van der Waals surface area contributed by atoms with Gasteiger partial charge in [-0.3, -0.25) is 4.79 Å². The molecular weight excluding hydrogens is 470 g/mol. The highest BCUT2D eigenvalue weighted by Gasteiger charge is 2.47. The lowest BCUT2D eigenvalue weighted by molar-refractivity contribution is -0.936. The second-order valence-corrected chi connectivity index (χ2v) is 9.55. The highest BCUT2D eigenvalue weighted by Crippen LogP contribution is 2.34. The van der Waals surface area contributed by atoms with Crippen LogP contribution in [-0.2, 0) is 9.53 Å². The number of anilines is 1. The van der Waals surface area contributed by atoms with E-state index in [4.69, 9.17) is 9.26 Å². The van der Waals surface area contributed by atoms with E-state index in [-0.39, 0.29) is 24.4 Å². The number of hydrogen-bond acceptors (Lipinski definition) is 5. The van der Waals surface area contributed by atoms with E-state index in [0.29, 0.717) is 28.0 Å². The number of halogens is 2. The predicted octanol–water partition coefficient (Wildman–Crippen LogP) is 4.02. The van der Waals surface area contributed by atoms with Gasteiger partial charge in [0.05, 0.1) is 25.7 Å². The minimum absolute atomic E-state index is 0.164. The van der Waals surface area contributed by atoms with E-state index in [0.717, 1.165) is 25.9 Å². The summed E-state index contributed by atoms with van der Waals surface area (Å²) in [6, 6.07) is 12.8. The second-order valence-electron chi connectivity index (χ2n) is 9.55. The number of nitrogens with zero attached hydrogens (tertiary/aromatic N) is 2. The van der Waals surface area contributed by atoms with Crippen molar-refractivity contribution in [1.29, 1.82) is 0 Å². The molecule has 3 aliphatic heterocycles. The standard InChI is InChI=1S/C26H26F2N4O4/c27-20-5-1-3-18(13-20)25(19-4-2-6-21(28)14-19)36-26(34)29-22-15-32(10-7-17(22)8-11-32)16-24(33)30-23-9-12-35-31-23/h1-6,9,12-14,17,22,25H,7-8,10-11,15-16H2,(H-,29,30,31,33,34)/p+1/t17?,22-,32?/m0/s1. The van der Waals surface area contributed by atoms with Crippen LogP contribution in [0.25, 0.3) is 0 Å². The van der Waals surface area contributed by atoms with Crippen molar-refractivity contribution in [3.63, 3.8) is 0 Å². The van der Waals surface area contributed by atoms with Crippen molar-refractivity contribution in [2.45, 2.75) is 25.0 Å². The minimum atomic E-state index is -0.978. The number of alkyl carbamates (subject to hydrolysis) is 1. The van der Waals surface area contributed by atoms with E-state index >= 15 is 0 Å². The quantitative estimate of drug-likeness (QED) is 0.481. The SMILES string of the molecule is O=C(C[N+]12CCC(CC1)[C@@H](NC(=O)OC(c1cccc(F)c1)c1cccc(F)c1)C2)Nc1ccon1. The number of carbonyl (C=O) groups excluding carboxylic acids is 2. The number of fused-ring (bicyclic) bond motifs is 3. The van der Waals surface area contributed by atoms with E-state index < -0.39 is 23.8 Å². The molecule has 0 radical (unpaired) electrons. The summed E-state index contributed by atoms with van der Waals surface area (Å²) in [4.78, 5) is 25.6. The number of rotatable bonds is 7. The molecular formula is C26H27F2N4O4+. The monoisotopic (exact) mass is 497 g/mol. The molecule has 2 N–H and O–H groups in total. The molecule has 1 atom stereocenters. The Hall–Kier alpha value is -3.79. The maximum Gasteiger partial charge on any atom is 0.408 e. The molecule has 3 fully saturated rings. The van der Waals surface area contributed by atoms with Crippen LogP contribution in [0.4, 0.5) is 19.4 Å². The normalized spacial score (nSPS) is 22.9. The number of piperidine rings is 3. The fraction of sp³-hybridized carbons (Fsp3) is 0.346.